The highest BCUT2D eigenvalue weighted by Crippen LogP contribution is 2.29. The average Bonchev–Trinajstić information content (AvgIpc) is 2.74. The molecular weight excluding hydrogens is 263 g/mol. The second-order valence-electron chi connectivity index (χ2n) is 6.43. The SMILES string of the molecule is CCCCC(N)(CN1CCCCCC1)c1ccccc1F. The van der Waals surface area contributed by atoms with Crippen molar-refractivity contribution in [1.82, 2.24) is 4.90 Å². The lowest BCUT2D eigenvalue weighted by molar-refractivity contribution is 0.200. The Morgan fingerprint density at radius 2 is 1.81 bits per heavy atom. The van der Waals surface area contributed by atoms with Gasteiger partial charge in [-0.3, -0.25) is 0 Å². The Labute approximate surface area is 128 Å². The van der Waals surface area contributed by atoms with Crippen molar-refractivity contribution >= 4 is 0 Å². The van der Waals surface area contributed by atoms with Crippen molar-refractivity contribution in [3.8, 4) is 0 Å². The predicted molar refractivity (Wildman–Crippen MR) is 86.7 cm³/mol. The molecule has 0 aromatic heterocycles. The fourth-order valence-electron chi connectivity index (χ4n) is 3.35. The predicted octanol–water partition coefficient (Wildman–Crippen LogP) is 4.05. The van der Waals surface area contributed by atoms with Crippen molar-refractivity contribution in [2.24, 2.45) is 5.73 Å². The number of nitrogens with two attached hydrogens (primary N) is 1. The van der Waals surface area contributed by atoms with Crippen LogP contribution in [-0.2, 0) is 5.54 Å². The number of unbranched alkanes of at least 4 members (excludes halogenated alkanes) is 1. The first-order valence-corrected chi connectivity index (χ1v) is 8.42. The van der Waals surface area contributed by atoms with Gasteiger partial charge < -0.3 is 10.6 Å². The van der Waals surface area contributed by atoms with Crippen LogP contribution >= 0.6 is 0 Å². The first-order valence-electron chi connectivity index (χ1n) is 8.42. The maximum atomic E-state index is 14.2. The van der Waals surface area contributed by atoms with E-state index in [1.54, 1.807) is 6.07 Å². The minimum atomic E-state index is -0.564. The maximum Gasteiger partial charge on any atom is 0.128 e. The van der Waals surface area contributed by atoms with Crippen LogP contribution in [0.1, 0.15) is 57.4 Å². The molecule has 2 N–H and O–H groups in total. The van der Waals surface area contributed by atoms with Crippen LogP contribution in [0.4, 0.5) is 4.39 Å². The van der Waals surface area contributed by atoms with Crippen LogP contribution < -0.4 is 5.73 Å². The Balaban J connectivity index is 2.17. The molecular formula is C18H29FN2. The number of halogens is 1. The number of nitrogens with zero attached hydrogens (tertiary/aromatic N) is 1. The van der Waals surface area contributed by atoms with E-state index in [-0.39, 0.29) is 5.82 Å². The van der Waals surface area contributed by atoms with Crippen LogP contribution in [0.5, 0.6) is 0 Å². The smallest absolute Gasteiger partial charge is 0.128 e. The molecule has 1 unspecified atom stereocenters. The maximum absolute atomic E-state index is 14.2. The molecule has 3 heteroatoms. The van der Waals surface area contributed by atoms with Crippen LogP contribution in [0.3, 0.4) is 0 Å². The molecule has 21 heavy (non-hydrogen) atoms. The van der Waals surface area contributed by atoms with Gasteiger partial charge in [-0.15, -0.1) is 0 Å². The van der Waals surface area contributed by atoms with Gasteiger partial charge in [0.25, 0.3) is 0 Å². The second kappa shape index (κ2) is 7.90. The van der Waals surface area contributed by atoms with Gasteiger partial charge >= 0.3 is 0 Å². The van der Waals surface area contributed by atoms with Gasteiger partial charge in [-0.05, 0) is 38.4 Å². The van der Waals surface area contributed by atoms with Gasteiger partial charge in [-0.2, -0.15) is 0 Å². The molecule has 0 saturated carbocycles. The molecule has 0 bridgehead atoms. The van der Waals surface area contributed by atoms with Gasteiger partial charge in [0.2, 0.25) is 0 Å². The Bertz CT molecular complexity index is 427. The van der Waals surface area contributed by atoms with E-state index in [4.69, 9.17) is 5.73 Å². The summed E-state index contributed by atoms with van der Waals surface area (Å²) in [5.74, 6) is -0.161. The molecule has 0 aliphatic carbocycles. The molecule has 0 spiro atoms. The summed E-state index contributed by atoms with van der Waals surface area (Å²) in [6, 6.07) is 7.04. The molecule has 1 aliphatic rings. The fourth-order valence-corrected chi connectivity index (χ4v) is 3.35. The van der Waals surface area contributed by atoms with Gasteiger partial charge in [0, 0.05) is 12.1 Å². The van der Waals surface area contributed by atoms with Crippen molar-refractivity contribution in [2.75, 3.05) is 19.6 Å². The highest BCUT2D eigenvalue weighted by molar-refractivity contribution is 5.26. The Kier molecular flexibility index (Phi) is 6.19. The summed E-state index contributed by atoms with van der Waals surface area (Å²) in [6.45, 7) is 5.13. The van der Waals surface area contributed by atoms with Gasteiger partial charge in [0.05, 0.1) is 5.54 Å². The zero-order valence-corrected chi connectivity index (χ0v) is 13.3. The van der Waals surface area contributed by atoms with Crippen molar-refractivity contribution in [1.29, 1.82) is 0 Å². The zero-order chi connectivity index (χ0) is 15.1. The topological polar surface area (TPSA) is 29.3 Å². The van der Waals surface area contributed by atoms with E-state index in [9.17, 15) is 4.39 Å². The minimum Gasteiger partial charge on any atom is -0.320 e. The molecule has 0 amide bonds. The summed E-state index contributed by atoms with van der Waals surface area (Å²) in [7, 11) is 0. The number of rotatable bonds is 6. The van der Waals surface area contributed by atoms with E-state index in [1.807, 2.05) is 12.1 Å². The lowest BCUT2D eigenvalue weighted by atomic mass is 9.85. The summed E-state index contributed by atoms with van der Waals surface area (Å²) in [6.07, 6.45) is 8.07. The van der Waals surface area contributed by atoms with Crippen molar-refractivity contribution in [2.45, 2.75) is 57.4 Å². The second-order valence-corrected chi connectivity index (χ2v) is 6.43. The first kappa shape index (κ1) is 16.4. The summed E-state index contributed by atoms with van der Waals surface area (Å²) in [4.78, 5) is 2.44. The van der Waals surface area contributed by atoms with Crippen LogP contribution in [0.2, 0.25) is 0 Å². The van der Waals surface area contributed by atoms with Crippen LogP contribution in [0, 0.1) is 5.82 Å². The molecule has 118 valence electrons. The summed E-state index contributed by atoms with van der Waals surface area (Å²) in [5.41, 5.74) is 6.83. The third-order valence-electron chi connectivity index (χ3n) is 4.59. The standard InChI is InChI=1S/C18H29FN2/c1-2-3-12-18(20,16-10-6-7-11-17(16)19)15-21-13-8-4-5-9-14-21/h6-7,10-11H,2-5,8-9,12-15,20H2,1H3. The van der Waals surface area contributed by atoms with Crippen LogP contribution in [-0.4, -0.2) is 24.5 Å². The Morgan fingerprint density at radius 1 is 1.14 bits per heavy atom. The molecule has 0 radical (unpaired) electrons. The fraction of sp³-hybridized carbons (Fsp3) is 0.667. The van der Waals surface area contributed by atoms with Gasteiger partial charge in [0.1, 0.15) is 5.82 Å². The quantitative estimate of drug-likeness (QED) is 0.857. The zero-order valence-electron chi connectivity index (χ0n) is 13.3. The van der Waals surface area contributed by atoms with Crippen molar-refractivity contribution in [3.63, 3.8) is 0 Å². The summed E-state index contributed by atoms with van der Waals surface area (Å²) >= 11 is 0. The Morgan fingerprint density at radius 3 is 2.43 bits per heavy atom. The summed E-state index contributed by atoms with van der Waals surface area (Å²) < 4.78 is 14.2. The minimum absolute atomic E-state index is 0.161. The van der Waals surface area contributed by atoms with Crippen LogP contribution in [0.25, 0.3) is 0 Å². The lowest BCUT2D eigenvalue weighted by Crippen LogP contribution is -2.48. The molecule has 1 aromatic carbocycles. The highest BCUT2D eigenvalue weighted by atomic mass is 19.1. The lowest BCUT2D eigenvalue weighted by Gasteiger charge is -2.36. The van der Waals surface area contributed by atoms with E-state index in [2.05, 4.69) is 11.8 Å². The van der Waals surface area contributed by atoms with Gasteiger partial charge in [-0.1, -0.05) is 50.8 Å². The Hall–Kier alpha value is -0.930. The molecule has 1 saturated heterocycles. The van der Waals surface area contributed by atoms with Crippen molar-refractivity contribution in [3.05, 3.63) is 35.6 Å². The van der Waals surface area contributed by atoms with E-state index >= 15 is 0 Å². The van der Waals surface area contributed by atoms with E-state index in [0.717, 1.165) is 38.9 Å². The molecule has 1 aliphatic heterocycles. The van der Waals surface area contributed by atoms with E-state index in [0.29, 0.717) is 5.56 Å². The molecule has 2 rings (SSSR count). The van der Waals surface area contributed by atoms with Gasteiger partial charge in [-0.25, -0.2) is 4.39 Å². The molecule has 1 heterocycles. The average molecular weight is 292 g/mol. The van der Waals surface area contributed by atoms with Gasteiger partial charge in [0.15, 0.2) is 0 Å². The number of hydrogen-bond acceptors (Lipinski definition) is 2. The number of benzene rings is 1. The monoisotopic (exact) mass is 292 g/mol. The summed E-state index contributed by atoms with van der Waals surface area (Å²) in [5, 5.41) is 0. The molecule has 2 nitrogen and oxygen atoms in total. The highest BCUT2D eigenvalue weighted by Gasteiger charge is 2.31. The molecule has 1 atom stereocenters. The molecule has 1 aromatic rings. The third kappa shape index (κ3) is 4.52. The third-order valence-corrected chi connectivity index (χ3v) is 4.59. The number of likely N-dealkylation sites (tertiary alicyclic amines) is 1. The normalized spacial score (nSPS) is 20.0. The first-order chi connectivity index (χ1) is 10.2. The van der Waals surface area contributed by atoms with Crippen LogP contribution in [0.15, 0.2) is 24.3 Å². The largest absolute Gasteiger partial charge is 0.320 e. The molecule has 1 fully saturated rings. The van der Waals surface area contributed by atoms with E-state index < -0.39 is 5.54 Å². The van der Waals surface area contributed by atoms with E-state index in [1.165, 1.54) is 31.7 Å². The number of hydrogen-bond donors (Lipinski definition) is 1. The van der Waals surface area contributed by atoms with Crippen molar-refractivity contribution < 1.29 is 4.39 Å².